The van der Waals surface area contributed by atoms with Crippen LogP contribution in [0.2, 0.25) is 0 Å². The van der Waals surface area contributed by atoms with Gasteiger partial charge in [0.25, 0.3) is 5.60 Å². The Hall–Kier alpha value is -1.76. The Morgan fingerprint density at radius 1 is 0.783 bits per heavy atom. The molecule has 0 amide bonds. The molecule has 0 saturated carbocycles. The van der Waals surface area contributed by atoms with Gasteiger partial charge in [0.15, 0.2) is 0 Å². The smallest absolute Gasteiger partial charge is 0.369 e. The highest BCUT2D eigenvalue weighted by Crippen LogP contribution is 2.52. The number of halogens is 6. The number of hydrogen-bond donors (Lipinski definition) is 1. The lowest BCUT2D eigenvalue weighted by atomic mass is 9.85. The summed E-state index contributed by atoms with van der Waals surface area (Å²) in [5.74, 6) is -0.0983. The van der Waals surface area contributed by atoms with Gasteiger partial charge in [0.1, 0.15) is 0 Å². The molecule has 126 valence electrons. The van der Waals surface area contributed by atoms with Gasteiger partial charge in [-0.15, -0.1) is 0 Å². The zero-order chi connectivity index (χ0) is 17.6. The molecule has 0 radical (unpaired) electrons. The molecule has 0 unspecified atom stereocenters. The van der Waals surface area contributed by atoms with Crippen LogP contribution in [-0.2, 0) is 5.60 Å². The van der Waals surface area contributed by atoms with Gasteiger partial charge in [0, 0.05) is 5.56 Å². The molecule has 1 N–H and O–H groups in total. The van der Waals surface area contributed by atoms with Crippen LogP contribution >= 0.6 is 0 Å². The predicted octanol–water partition coefficient (Wildman–Crippen LogP) is 5.28. The molecule has 0 aliphatic rings. The molecule has 2 aromatic carbocycles. The molecule has 0 bridgehead atoms. The van der Waals surface area contributed by atoms with E-state index in [1.807, 2.05) is 0 Å². The number of aliphatic hydroxyl groups is 1. The minimum Gasteiger partial charge on any atom is -0.369 e. The van der Waals surface area contributed by atoms with Crippen molar-refractivity contribution in [3.05, 3.63) is 47.5 Å². The van der Waals surface area contributed by atoms with E-state index in [0.717, 1.165) is 6.07 Å². The number of hydrogen-bond acceptors (Lipinski definition) is 1. The topological polar surface area (TPSA) is 20.2 Å². The Morgan fingerprint density at radius 3 is 1.70 bits per heavy atom. The molecule has 0 aliphatic heterocycles. The molecule has 0 atom stereocenters. The molecule has 0 saturated heterocycles. The van der Waals surface area contributed by atoms with E-state index in [-0.39, 0.29) is 16.7 Å². The second-order valence-electron chi connectivity index (χ2n) is 5.61. The second kappa shape index (κ2) is 5.40. The van der Waals surface area contributed by atoms with Crippen LogP contribution in [0, 0.1) is 0 Å². The Kier molecular flexibility index (Phi) is 4.13. The maximum atomic E-state index is 13.1. The van der Waals surface area contributed by atoms with Crippen molar-refractivity contribution in [2.45, 2.75) is 37.7 Å². The lowest BCUT2D eigenvalue weighted by Gasteiger charge is -2.34. The van der Waals surface area contributed by atoms with Gasteiger partial charge >= 0.3 is 12.4 Å². The highest BCUT2D eigenvalue weighted by molar-refractivity contribution is 5.90. The summed E-state index contributed by atoms with van der Waals surface area (Å²) in [4.78, 5) is 0. The maximum absolute atomic E-state index is 13.1. The first-order valence-corrected chi connectivity index (χ1v) is 6.79. The highest BCUT2D eigenvalue weighted by atomic mass is 19.4. The van der Waals surface area contributed by atoms with Crippen LogP contribution in [0.3, 0.4) is 0 Å². The fourth-order valence-corrected chi connectivity index (χ4v) is 2.61. The van der Waals surface area contributed by atoms with Gasteiger partial charge < -0.3 is 5.11 Å². The molecule has 0 spiro atoms. The number of rotatable bonds is 2. The van der Waals surface area contributed by atoms with Crippen LogP contribution in [0.5, 0.6) is 0 Å². The number of fused-ring (bicyclic) bond motifs is 1. The lowest BCUT2D eigenvalue weighted by molar-refractivity contribution is -0.375. The molecule has 0 fully saturated rings. The Morgan fingerprint density at radius 2 is 1.26 bits per heavy atom. The van der Waals surface area contributed by atoms with Crippen LogP contribution < -0.4 is 0 Å². The van der Waals surface area contributed by atoms with Crippen LogP contribution in [0.25, 0.3) is 10.8 Å². The van der Waals surface area contributed by atoms with E-state index >= 15 is 0 Å². The summed E-state index contributed by atoms with van der Waals surface area (Å²) in [6.07, 6.45) is -11.8. The molecule has 0 aliphatic carbocycles. The number of alkyl halides is 6. The summed E-state index contributed by atoms with van der Waals surface area (Å²) in [6.45, 7) is 3.56. The summed E-state index contributed by atoms with van der Waals surface area (Å²) in [6, 6.07) is 7.37. The van der Waals surface area contributed by atoms with Gasteiger partial charge in [-0.1, -0.05) is 50.2 Å². The summed E-state index contributed by atoms with van der Waals surface area (Å²) in [5, 5.41) is 9.62. The van der Waals surface area contributed by atoms with Crippen molar-refractivity contribution in [2.24, 2.45) is 0 Å². The van der Waals surface area contributed by atoms with Crippen molar-refractivity contribution in [1.29, 1.82) is 0 Å². The summed E-state index contributed by atoms with van der Waals surface area (Å²) in [7, 11) is 0. The molecular weight excluding hydrogens is 322 g/mol. The Balaban J connectivity index is 2.90. The lowest BCUT2D eigenvalue weighted by Crippen LogP contribution is -2.54. The van der Waals surface area contributed by atoms with Crippen molar-refractivity contribution in [1.82, 2.24) is 0 Å². The fourth-order valence-electron chi connectivity index (χ4n) is 2.61. The SMILES string of the molecule is CC(C)c1ccc(C(O)(C(F)(F)F)C(F)(F)F)c2ccccc12. The molecule has 2 aromatic rings. The van der Waals surface area contributed by atoms with Gasteiger partial charge in [0.2, 0.25) is 0 Å². The van der Waals surface area contributed by atoms with Crippen molar-refractivity contribution < 1.29 is 31.4 Å². The summed E-state index contributed by atoms with van der Waals surface area (Å²) in [5.41, 5.74) is -5.52. The monoisotopic (exact) mass is 336 g/mol. The van der Waals surface area contributed by atoms with Gasteiger partial charge in [0.05, 0.1) is 0 Å². The van der Waals surface area contributed by atoms with Crippen molar-refractivity contribution >= 4 is 10.8 Å². The van der Waals surface area contributed by atoms with E-state index in [9.17, 15) is 31.4 Å². The minimum atomic E-state index is -5.90. The molecule has 0 aromatic heterocycles. The van der Waals surface area contributed by atoms with Crippen LogP contribution in [0.1, 0.15) is 30.9 Å². The number of benzene rings is 2. The normalized spacial score (nSPS) is 13.8. The van der Waals surface area contributed by atoms with Gasteiger partial charge in [-0.2, -0.15) is 26.3 Å². The van der Waals surface area contributed by atoms with Crippen molar-refractivity contribution in [2.75, 3.05) is 0 Å². The average molecular weight is 336 g/mol. The largest absolute Gasteiger partial charge is 0.430 e. The standard InChI is InChI=1S/C16H14F6O/c1-9(2)10-7-8-13(12-6-4-3-5-11(10)12)14(23,15(17,18)19)16(20,21)22/h3-9,23H,1-2H3. The third-order valence-corrected chi connectivity index (χ3v) is 3.79. The first kappa shape index (κ1) is 17.6. The van der Waals surface area contributed by atoms with E-state index in [0.29, 0.717) is 11.6 Å². The van der Waals surface area contributed by atoms with Crippen molar-refractivity contribution in [3.8, 4) is 0 Å². The van der Waals surface area contributed by atoms with Gasteiger partial charge in [-0.25, -0.2) is 0 Å². The molecular formula is C16H14F6O. The molecule has 7 heteroatoms. The van der Waals surface area contributed by atoms with Gasteiger partial charge in [-0.05, 0) is 22.3 Å². The van der Waals surface area contributed by atoms with Crippen LogP contribution in [0.4, 0.5) is 26.3 Å². The molecule has 0 heterocycles. The quantitative estimate of drug-likeness (QED) is 0.740. The van der Waals surface area contributed by atoms with E-state index < -0.39 is 23.5 Å². The van der Waals surface area contributed by atoms with E-state index in [2.05, 4.69) is 0 Å². The molecule has 23 heavy (non-hydrogen) atoms. The Bertz CT molecular complexity index is 701. The third kappa shape index (κ3) is 2.67. The second-order valence-corrected chi connectivity index (χ2v) is 5.61. The summed E-state index contributed by atoms with van der Waals surface area (Å²) >= 11 is 0. The average Bonchev–Trinajstić information content (AvgIpc) is 2.42. The van der Waals surface area contributed by atoms with E-state index in [4.69, 9.17) is 0 Å². The first-order valence-electron chi connectivity index (χ1n) is 6.79. The van der Waals surface area contributed by atoms with Gasteiger partial charge in [-0.3, -0.25) is 0 Å². The van der Waals surface area contributed by atoms with E-state index in [1.165, 1.54) is 24.3 Å². The zero-order valence-electron chi connectivity index (χ0n) is 12.3. The predicted molar refractivity (Wildman–Crippen MR) is 74.0 cm³/mol. The maximum Gasteiger partial charge on any atom is 0.430 e. The third-order valence-electron chi connectivity index (χ3n) is 3.79. The minimum absolute atomic E-state index is 0.0983. The molecule has 2 rings (SSSR count). The van der Waals surface area contributed by atoms with E-state index in [1.54, 1.807) is 13.8 Å². The first-order chi connectivity index (χ1) is 10.4. The fraction of sp³-hybridized carbons (Fsp3) is 0.375. The molecule has 1 nitrogen and oxygen atoms in total. The van der Waals surface area contributed by atoms with Crippen LogP contribution in [-0.4, -0.2) is 17.5 Å². The highest BCUT2D eigenvalue weighted by Gasteiger charge is 2.71. The summed E-state index contributed by atoms with van der Waals surface area (Å²) < 4.78 is 78.6. The van der Waals surface area contributed by atoms with Crippen molar-refractivity contribution in [3.63, 3.8) is 0 Å². The Labute approximate surface area is 128 Å². The van der Waals surface area contributed by atoms with Crippen LogP contribution in [0.15, 0.2) is 36.4 Å². The zero-order valence-corrected chi connectivity index (χ0v) is 12.3.